The molecule has 0 radical (unpaired) electrons. The van der Waals surface area contributed by atoms with Gasteiger partial charge in [0.25, 0.3) is 5.91 Å². The van der Waals surface area contributed by atoms with Crippen molar-refractivity contribution in [1.82, 2.24) is 0 Å². The summed E-state index contributed by atoms with van der Waals surface area (Å²) in [6.07, 6.45) is 1.95. The molecule has 6 atom stereocenters. The molecule has 218 valence electrons. The largest absolute Gasteiger partial charge is 0.504 e. The number of amides is 2. The maximum Gasteiger partial charge on any atom is 0.405 e. The van der Waals surface area contributed by atoms with E-state index in [1.54, 1.807) is 33.1 Å². The number of primary amides is 1. The fourth-order valence-electron chi connectivity index (χ4n) is 5.08. The van der Waals surface area contributed by atoms with Crippen molar-refractivity contribution >= 4 is 17.7 Å². The first-order chi connectivity index (χ1) is 18.4. The molecule has 1 aliphatic heterocycles. The molecule has 1 aromatic rings. The number of phenolic OH excluding ortho intramolecular Hbond substituents is 1. The Morgan fingerprint density at radius 3 is 2.36 bits per heavy atom. The average Bonchev–Trinajstić information content (AvgIpc) is 2.87. The van der Waals surface area contributed by atoms with E-state index in [4.69, 9.17) is 24.7 Å². The Labute approximate surface area is 231 Å². The van der Waals surface area contributed by atoms with Gasteiger partial charge in [0.1, 0.15) is 0 Å². The maximum atomic E-state index is 12.9. The number of fused-ring (bicyclic) bond motifs is 2. The number of benzene rings is 1. The first-order valence-electron chi connectivity index (χ1n) is 13.2. The van der Waals surface area contributed by atoms with Crippen molar-refractivity contribution in [2.24, 2.45) is 17.6 Å². The predicted molar refractivity (Wildman–Crippen MR) is 149 cm³/mol. The van der Waals surface area contributed by atoms with Gasteiger partial charge in [-0.2, -0.15) is 0 Å². The Kier molecular flexibility index (Phi) is 12.3. The summed E-state index contributed by atoms with van der Waals surface area (Å²) in [5.41, 5.74) is 7.69. The zero-order chi connectivity index (χ0) is 29.3. The van der Waals surface area contributed by atoms with Crippen LogP contribution in [0.4, 0.5) is 10.5 Å². The minimum Gasteiger partial charge on any atom is -0.504 e. The summed E-state index contributed by atoms with van der Waals surface area (Å²) in [4.78, 5) is 24.6. The first kappa shape index (κ1) is 32.1. The van der Waals surface area contributed by atoms with Gasteiger partial charge in [0.05, 0.1) is 25.4 Å². The number of nitrogens with two attached hydrogens (primary N) is 1. The van der Waals surface area contributed by atoms with Crippen LogP contribution in [0.3, 0.4) is 0 Å². The lowest BCUT2D eigenvalue weighted by atomic mass is 9.88. The number of carbonyl (C=O) groups is 2. The molecule has 0 saturated heterocycles. The minimum absolute atomic E-state index is 0.0219. The van der Waals surface area contributed by atoms with Gasteiger partial charge in [-0.25, -0.2) is 4.79 Å². The van der Waals surface area contributed by atoms with E-state index >= 15 is 0 Å². The highest BCUT2D eigenvalue weighted by Gasteiger charge is 2.30. The number of allylic oxidation sites excluding steroid dienone is 1. The molecular weight excluding hydrogens is 504 g/mol. The number of ether oxygens (including phenoxy) is 4. The molecule has 0 fully saturated rings. The summed E-state index contributed by atoms with van der Waals surface area (Å²) in [6, 6.07) is 3.24. The maximum absolute atomic E-state index is 12.9. The molecule has 39 heavy (non-hydrogen) atoms. The van der Waals surface area contributed by atoms with Crippen LogP contribution in [-0.2, 0) is 25.4 Å². The lowest BCUT2D eigenvalue weighted by Gasteiger charge is -2.30. The standard InChI is InChI=1S/C29H44N2O8/c1-16-11-20-14-21(15-22(32)27(20)38-7)31-28(34)17(2)9-8-10-23(36-5)26(39-29(30)35)19(4)13-18(3)25(33)24(12-16)37-6/h9,13-16,18,23-26,32-33H,8,10-12H2,1-7H3,(H2,30,35)(H,31,34)/t16-,18+,23+,24+,25-,26+/m1/s1. The van der Waals surface area contributed by atoms with Gasteiger partial charge in [-0.05, 0) is 57.1 Å². The number of carbonyl (C=O) groups excluding carboxylic acids is 2. The third kappa shape index (κ3) is 8.98. The number of phenols is 1. The van der Waals surface area contributed by atoms with E-state index in [1.165, 1.54) is 20.3 Å². The van der Waals surface area contributed by atoms with Crippen LogP contribution in [0.1, 0.15) is 52.5 Å². The van der Waals surface area contributed by atoms with E-state index in [-0.39, 0.29) is 23.5 Å². The summed E-state index contributed by atoms with van der Waals surface area (Å²) in [5, 5.41) is 24.6. The molecular formula is C29H44N2O8. The number of hydrogen-bond acceptors (Lipinski definition) is 8. The monoisotopic (exact) mass is 548 g/mol. The van der Waals surface area contributed by atoms with Crippen molar-refractivity contribution in [3.8, 4) is 11.5 Å². The zero-order valence-electron chi connectivity index (χ0n) is 24.0. The highest BCUT2D eigenvalue weighted by Crippen LogP contribution is 2.36. The van der Waals surface area contributed by atoms with Crippen LogP contribution in [0.5, 0.6) is 11.5 Å². The fourth-order valence-corrected chi connectivity index (χ4v) is 5.08. The normalized spacial score (nSPS) is 27.6. The summed E-state index contributed by atoms with van der Waals surface area (Å²) >= 11 is 0. The molecule has 0 aliphatic carbocycles. The molecule has 1 heterocycles. The molecule has 2 amide bonds. The number of aromatic hydroxyl groups is 1. The van der Waals surface area contributed by atoms with Gasteiger partial charge in [0.15, 0.2) is 17.6 Å². The van der Waals surface area contributed by atoms with E-state index in [9.17, 15) is 19.8 Å². The van der Waals surface area contributed by atoms with Crippen molar-refractivity contribution in [1.29, 1.82) is 0 Å². The Morgan fingerprint density at radius 1 is 1.10 bits per heavy atom. The zero-order valence-corrected chi connectivity index (χ0v) is 24.0. The van der Waals surface area contributed by atoms with Crippen LogP contribution in [-0.4, -0.2) is 68.0 Å². The van der Waals surface area contributed by atoms with Crippen LogP contribution < -0.4 is 15.8 Å². The summed E-state index contributed by atoms with van der Waals surface area (Å²) < 4.78 is 22.2. The fraction of sp³-hybridized carbons (Fsp3) is 0.586. The topological polar surface area (TPSA) is 150 Å². The van der Waals surface area contributed by atoms with Crippen LogP contribution >= 0.6 is 0 Å². The van der Waals surface area contributed by atoms with Crippen molar-refractivity contribution in [3.05, 3.63) is 41.0 Å². The Bertz CT molecular complexity index is 1050. The van der Waals surface area contributed by atoms with Gasteiger partial charge in [-0.15, -0.1) is 0 Å². The molecule has 10 heteroatoms. The van der Waals surface area contributed by atoms with Crippen molar-refractivity contribution < 1.29 is 38.7 Å². The van der Waals surface area contributed by atoms with Gasteiger partial charge in [-0.1, -0.05) is 26.0 Å². The van der Waals surface area contributed by atoms with Crippen molar-refractivity contribution in [3.63, 3.8) is 0 Å². The number of nitrogens with one attached hydrogen (secondary N) is 1. The van der Waals surface area contributed by atoms with Crippen molar-refractivity contribution in [2.75, 3.05) is 26.6 Å². The van der Waals surface area contributed by atoms with Gasteiger partial charge in [-0.3, -0.25) is 4.79 Å². The first-order valence-corrected chi connectivity index (χ1v) is 13.2. The number of hydrogen-bond donors (Lipinski definition) is 4. The number of aliphatic hydroxyl groups is 1. The minimum atomic E-state index is -0.934. The van der Waals surface area contributed by atoms with Crippen molar-refractivity contribution in [2.45, 2.75) is 77.8 Å². The molecule has 5 N–H and O–H groups in total. The molecule has 0 spiro atoms. The Balaban J connectivity index is 2.53. The highest BCUT2D eigenvalue weighted by molar-refractivity contribution is 6.03. The number of rotatable bonds is 4. The third-order valence-electron chi connectivity index (χ3n) is 7.15. The van der Waals surface area contributed by atoms with Crippen LogP contribution in [0.15, 0.2) is 35.4 Å². The molecule has 2 bridgehead atoms. The average molecular weight is 549 g/mol. The van der Waals surface area contributed by atoms with E-state index in [1.807, 2.05) is 19.9 Å². The van der Waals surface area contributed by atoms with E-state index in [2.05, 4.69) is 5.32 Å². The second-order valence-corrected chi connectivity index (χ2v) is 10.3. The second kappa shape index (κ2) is 14.9. The smallest absolute Gasteiger partial charge is 0.405 e. The van der Waals surface area contributed by atoms with Gasteiger partial charge in [0.2, 0.25) is 0 Å². The number of methoxy groups -OCH3 is 3. The molecule has 10 nitrogen and oxygen atoms in total. The molecule has 1 aromatic carbocycles. The second-order valence-electron chi connectivity index (χ2n) is 10.3. The van der Waals surface area contributed by atoms with Gasteiger partial charge in [0, 0.05) is 43.0 Å². The number of aliphatic hydroxyl groups excluding tert-OH is 1. The quantitative estimate of drug-likeness (QED) is 0.411. The summed E-state index contributed by atoms with van der Waals surface area (Å²) in [7, 11) is 4.55. The highest BCUT2D eigenvalue weighted by atomic mass is 16.6. The van der Waals surface area contributed by atoms with Crippen LogP contribution in [0.2, 0.25) is 0 Å². The lowest BCUT2D eigenvalue weighted by molar-refractivity contribution is -0.112. The Morgan fingerprint density at radius 2 is 1.77 bits per heavy atom. The third-order valence-corrected chi connectivity index (χ3v) is 7.15. The van der Waals surface area contributed by atoms with Crippen LogP contribution in [0.25, 0.3) is 0 Å². The molecule has 2 rings (SSSR count). The van der Waals surface area contributed by atoms with Gasteiger partial charge < -0.3 is 40.2 Å². The SMILES string of the molecule is COc1c(O)cc2cc1C[C@@H](C)C[C@H](OC)[C@H](O)[C@@H](C)C=C(C)[C@H](OC(N)=O)[C@@H](OC)CCC=C(C)C(=O)N2. The van der Waals surface area contributed by atoms with E-state index in [0.717, 1.165) is 5.56 Å². The van der Waals surface area contributed by atoms with Crippen LogP contribution in [0, 0.1) is 11.8 Å². The van der Waals surface area contributed by atoms with Gasteiger partial charge >= 0.3 is 6.09 Å². The molecule has 0 saturated carbocycles. The lowest BCUT2D eigenvalue weighted by Crippen LogP contribution is -2.37. The molecule has 0 unspecified atom stereocenters. The summed E-state index contributed by atoms with van der Waals surface area (Å²) in [5.74, 6) is -0.375. The van der Waals surface area contributed by atoms with E-state index < -0.39 is 30.5 Å². The number of anilines is 1. The molecule has 0 aromatic heterocycles. The summed E-state index contributed by atoms with van der Waals surface area (Å²) in [6.45, 7) is 7.38. The molecule has 1 aliphatic rings. The Hall–Kier alpha value is -3.08. The van der Waals surface area contributed by atoms with E-state index in [0.29, 0.717) is 48.3 Å². The predicted octanol–water partition coefficient (Wildman–Crippen LogP) is 4.09.